The van der Waals surface area contributed by atoms with Crippen molar-refractivity contribution in [3.8, 4) is 0 Å². The van der Waals surface area contributed by atoms with Crippen LogP contribution in [0.25, 0.3) is 0 Å². The lowest BCUT2D eigenvalue weighted by molar-refractivity contribution is 0.155. The summed E-state index contributed by atoms with van der Waals surface area (Å²) in [5.41, 5.74) is 0. The van der Waals surface area contributed by atoms with Crippen LogP contribution in [-0.2, 0) is 0 Å². The summed E-state index contributed by atoms with van der Waals surface area (Å²) in [6.45, 7) is 5.09. The Morgan fingerprint density at radius 3 is 2.38 bits per heavy atom. The highest BCUT2D eigenvalue weighted by Gasteiger charge is 1.99. The number of aliphatic hydroxyl groups excluding tert-OH is 2. The molecule has 0 aromatic rings. The van der Waals surface area contributed by atoms with Crippen LogP contribution in [0.3, 0.4) is 0 Å². The van der Waals surface area contributed by atoms with E-state index in [4.69, 9.17) is 10.2 Å². The van der Waals surface area contributed by atoms with Gasteiger partial charge in [0.25, 0.3) is 0 Å². The molecule has 0 heterocycles. The average molecular weight is 116 g/mol. The Morgan fingerprint density at radius 1 is 1.75 bits per heavy atom. The summed E-state index contributed by atoms with van der Waals surface area (Å²) in [6, 6.07) is 0. The van der Waals surface area contributed by atoms with Crippen LogP contribution in [0, 0.1) is 0 Å². The summed E-state index contributed by atoms with van der Waals surface area (Å²) in [5, 5.41) is 17.3. The molecule has 2 nitrogen and oxygen atoms in total. The zero-order valence-electron chi connectivity index (χ0n) is 5.09. The van der Waals surface area contributed by atoms with Gasteiger partial charge in [-0.1, -0.05) is 13.5 Å². The van der Waals surface area contributed by atoms with Gasteiger partial charge in [0.15, 0.2) is 0 Å². The van der Waals surface area contributed by atoms with Crippen molar-refractivity contribution in [2.45, 2.75) is 25.9 Å². The Bertz CT molecular complexity index is 78.6. The van der Waals surface area contributed by atoms with E-state index in [0.717, 1.165) is 0 Å². The molecule has 1 atom stereocenters. The number of hydrogen-bond donors (Lipinski definition) is 2. The second kappa shape index (κ2) is 3.50. The van der Waals surface area contributed by atoms with E-state index in [9.17, 15) is 0 Å². The lowest BCUT2D eigenvalue weighted by atomic mass is 10.2. The summed E-state index contributed by atoms with van der Waals surface area (Å²) >= 11 is 0. The molecule has 2 N–H and O–H groups in total. The highest BCUT2D eigenvalue weighted by Crippen LogP contribution is 2.01. The van der Waals surface area contributed by atoms with Crippen LogP contribution in [0.5, 0.6) is 0 Å². The van der Waals surface area contributed by atoms with Gasteiger partial charge < -0.3 is 10.2 Å². The first-order valence-electron chi connectivity index (χ1n) is 2.71. The molecule has 1 unspecified atom stereocenters. The van der Waals surface area contributed by atoms with E-state index in [1.54, 1.807) is 0 Å². The van der Waals surface area contributed by atoms with Crippen LogP contribution in [0.2, 0.25) is 0 Å². The average Bonchev–Trinajstić information content (AvgIpc) is 1.65. The van der Waals surface area contributed by atoms with Crippen molar-refractivity contribution < 1.29 is 10.2 Å². The smallest absolute Gasteiger partial charge is 0.0876 e. The van der Waals surface area contributed by atoms with Crippen molar-refractivity contribution in [1.82, 2.24) is 0 Å². The minimum atomic E-state index is -0.424. The molecule has 0 amide bonds. The molecule has 2 heteroatoms. The van der Waals surface area contributed by atoms with Crippen LogP contribution >= 0.6 is 0 Å². The SMILES string of the molecule is C=C(O)CC(O)CC. The van der Waals surface area contributed by atoms with Gasteiger partial charge in [0.05, 0.1) is 11.9 Å². The summed E-state index contributed by atoms with van der Waals surface area (Å²) in [7, 11) is 0. The first-order chi connectivity index (χ1) is 3.66. The molecule has 0 radical (unpaired) electrons. The predicted octanol–water partition coefficient (Wildman–Crippen LogP) is 1.22. The Balaban J connectivity index is 3.24. The molecule has 0 aliphatic heterocycles. The van der Waals surface area contributed by atoms with Crippen LogP contribution in [0.4, 0.5) is 0 Å². The Labute approximate surface area is 49.5 Å². The largest absolute Gasteiger partial charge is 0.513 e. The number of aliphatic hydroxyl groups is 2. The van der Waals surface area contributed by atoms with E-state index >= 15 is 0 Å². The molecular weight excluding hydrogens is 104 g/mol. The molecule has 0 saturated heterocycles. The molecule has 0 aliphatic carbocycles. The fourth-order valence-electron chi connectivity index (χ4n) is 0.416. The van der Waals surface area contributed by atoms with E-state index in [1.165, 1.54) is 0 Å². The fraction of sp³-hybridized carbons (Fsp3) is 0.667. The van der Waals surface area contributed by atoms with E-state index in [2.05, 4.69) is 6.58 Å². The molecule has 0 rings (SSSR count). The monoisotopic (exact) mass is 116 g/mol. The number of rotatable bonds is 3. The molecule has 48 valence electrons. The maximum absolute atomic E-state index is 8.81. The predicted molar refractivity (Wildman–Crippen MR) is 32.7 cm³/mol. The third-order valence-corrected chi connectivity index (χ3v) is 0.942. The lowest BCUT2D eigenvalue weighted by Gasteiger charge is -2.03. The van der Waals surface area contributed by atoms with Crippen LogP contribution in [0.15, 0.2) is 12.3 Å². The zero-order valence-corrected chi connectivity index (χ0v) is 5.09. The molecule has 0 aromatic heterocycles. The summed E-state index contributed by atoms with van der Waals surface area (Å²) in [4.78, 5) is 0. The minimum Gasteiger partial charge on any atom is -0.513 e. The Hall–Kier alpha value is -0.500. The summed E-state index contributed by atoms with van der Waals surface area (Å²) in [5.74, 6) is 0.0550. The molecule has 0 aromatic carbocycles. The number of hydrogen-bond acceptors (Lipinski definition) is 2. The molecule has 0 spiro atoms. The highest BCUT2D eigenvalue weighted by atomic mass is 16.3. The Kier molecular flexibility index (Phi) is 3.28. The van der Waals surface area contributed by atoms with Crippen molar-refractivity contribution in [1.29, 1.82) is 0 Å². The van der Waals surface area contributed by atoms with E-state index in [0.29, 0.717) is 12.8 Å². The van der Waals surface area contributed by atoms with Gasteiger partial charge in [-0.2, -0.15) is 0 Å². The molecular formula is C6H12O2. The Morgan fingerprint density at radius 2 is 2.25 bits per heavy atom. The topological polar surface area (TPSA) is 40.5 Å². The van der Waals surface area contributed by atoms with Crippen molar-refractivity contribution in [2.75, 3.05) is 0 Å². The van der Waals surface area contributed by atoms with Gasteiger partial charge in [-0.25, -0.2) is 0 Å². The quantitative estimate of drug-likeness (QED) is 0.544. The maximum atomic E-state index is 8.81. The summed E-state index contributed by atoms with van der Waals surface area (Å²) in [6.07, 6.45) is 0.545. The van der Waals surface area contributed by atoms with Gasteiger partial charge in [0.2, 0.25) is 0 Å². The van der Waals surface area contributed by atoms with Gasteiger partial charge in [-0.3, -0.25) is 0 Å². The van der Waals surface area contributed by atoms with Gasteiger partial charge in [0, 0.05) is 6.42 Å². The summed E-state index contributed by atoms with van der Waals surface area (Å²) < 4.78 is 0. The second-order valence-electron chi connectivity index (χ2n) is 1.83. The van der Waals surface area contributed by atoms with Crippen LogP contribution in [-0.4, -0.2) is 16.3 Å². The third kappa shape index (κ3) is 3.68. The third-order valence-electron chi connectivity index (χ3n) is 0.942. The molecule has 0 bridgehead atoms. The van der Waals surface area contributed by atoms with Gasteiger partial charge in [0.1, 0.15) is 0 Å². The molecule has 0 aliphatic rings. The van der Waals surface area contributed by atoms with E-state index in [1.807, 2.05) is 6.92 Å². The second-order valence-corrected chi connectivity index (χ2v) is 1.83. The highest BCUT2D eigenvalue weighted by molar-refractivity contribution is 4.81. The van der Waals surface area contributed by atoms with E-state index in [-0.39, 0.29) is 5.76 Å². The van der Waals surface area contributed by atoms with E-state index < -0.39 is 6.10 Å². The standard InChI is InChI=1S/C6H12O2/c1-3-6(8)4-5(2)7/h6-8H,2-4H2,1H3. The normalized spacial score (nSPS) is 13.2. The molecule has 0 saturated carbocycles. The first kappa shape index (κ1) is 7.50. The van der Waals surface area contributed by atoms with Crippen molar-refractivity contribution in [3.63, 3.8) is 0 Å². The van der Waals surface area contributed by atoms with Gasteiger partial charge in [-0.15, -0.1) is 0 Å². The maximum Gasteiger partial charge on any atom is 0.0876 e. The van der Waals surface area contributed by atoms with Crippen molar-refractivity contribution in [2.24, 2.45) is 0 Å². The van der Waals surface area contributed by atoms with Crippen molar-refractivity contribution in [3.05, 3.63) is 12.3 Å². The van der Waals surface area contributed by atoms with Gasteiger partial charge >= 0.3 is 0 Å². The van der Waals surface area contributed by atoms with Crippen LogP contribution < -0.4 is 0 Å². The molecule has 8 heavy (non-hydrogen) atoms. The van der Waals surface area contributed by atoms with Crippen molar-refractivity contribution >= 4 is 0 Å². The lowest BCUT2D eigenvalue weighted by Crippen LogP contribution is -2.04. The van der Waals surface area contributed by atoms with Gasteiger partial charge in [-0.05, 0) is 6.42 Å². The van der Waals surface area contributed by atoms with Crippen LogP contribution in [0.1, 0.15) is 19.8 Å². The first-order valence-corrected chi connectivity index (χ1v) is 2.71. The fourth-order valence-corrected chi connectivity index (χ4v) is 0.416. The minimum absolute atomic E-state index is 0.0550. The molecule has 0 fully saturated rings. The zero-order chi connectivity index (χ0) is 6.57.